The molecule has 0 bridgehead atoms. The molecule has 1 aromatic carbocycles. The highest BCUT2D eigenvalue weighted by Crippen LogP contribution is 2.11. The highest BCUT2D eigenvalue weighted by atomic mass is 16.3. The number of phenols is 1. The Morgan fingerprint density at radius 3 is 2.35 bits per heavy atom. The van der Waals surface area contributed by atoms with Gasteiger partial charge in [0.1, 0.15) is 5.75 Å². The maximum Gasteiger partial charge on any atom is 0.115 e. The van der Waals surface area contributed by atoms with Crippen LogP contribution in [-0.4, -0.2) is 42.2 Å². The molecule has 1 atom stereocenters. The van der Waals surface area contributed by atoms with Gasteiger partial charge in [-0.1, -0.05) is 12.1 Å². The molecule has 0 heterocycles. The Bertz CT molecular complexity index is 362. The van der Waals surface area contributed by atoms with E-state index in [1.165, 1.54) is 24.9 Å². The average Bonchev–Trinajstić information content (AvgIpc) is 2.40. The number of rotatable bonds is 9. The molecule has 1 aromatic rings. The van der Waals surface area contributed by atoms with Crippen LogP contribution in [0.15, 0.2) is 24.3 Å². The van der Waals surface area contributed by atoms with Crippen molar-refractivity contribution < 1.29 is 5.11 Å². The van der Waals surface area contributed by atoms with Crippen molar-refractivity contribution in [1.82, 2.24) is 10.2 Å². The Morgan fingerprint density at radius 1 is 1.10 bits per heavy atom. The molecule has 20 heavy (non-hydrogen) atoms. The molecule has 1 unspecified atom stereocenters. The predicted molar refractivity (Wildman–Crippen MR) is 86.3 cm³/mol. The zero-order chi connectivity index (χ0) is 15.0. The van der Waals surface area contributed by atoms with Gasteiger partial charge in [-0.25, -0.2) is 0 Å². The fourth-order valence-electron chi connectivity index (χ4n) is 2.15. The van der Waals surface area contributed by atoms with Crippen LogP contribution in [0.1, 0.15) is 39.2 Å². The predicted octanol–water partition coefficient (Wildman–Crippen LogP) is 3.03. The Kier molecular flexibility index (Phi) is 7.63. The van der Waals surface area contributed by atoms with Gasteiger partial charge in [-0.3, -0.25) is 0 Å². The van der Waals surface area contributed by atoms with Crippen molar-refractivity contribution in [3.8, 4) is 5.75 Å². The Balaban J connectivity index is 2.11. The van der Waals surface area contributed by atoms with Gasteiger partial charge in [-0.2, -0.15) is 0 Å². The SMILES string of the molecule is CC(Cc1ccc(O)cc1)NCCCCN(C)C(C)C. The molecule has 2 N–H and O–H groups in total. The number of unbranched alkanes of at least 4 members (excludes halogenated alkanes) is 1. The molecule has 3 heteroatoms. The fourth-order valence-corrected chi connectivity index (χ4v) is 2.15. The quantitative estimate of drug-likeness (QED) is 0.682. The summed E-state index contributed by atoms with van der Waals surface area (Å²) in [6, 6.07) is 8.60. The average molecular weight is 278 g/mol. The number of nitrogens with zero attached hydrogens (tertiary/aromatic N) is 1. The first kappa shape index (κ1) is 17.0. The van der Waals surface area contributed by atoms with E-state index in [0.717, 1.165) is 13.0 Å². The summed E-state index contributed by atoms with van der Waals surface area (Å²) >= 11 is 0. The highest BCUT2D eigenvalue weighted by Gasteiger charge is 2.04. The number of aromatic hydroxyl groups is 1. The van der Waals surface area contributed by atoms with E-state index in [9.17, 15) is 5.11 Å². The third kappa shape index (κ3) is 6.92. The van der Waals surface area contributed by atoms with Crippen LogP contribution in [0.2, 0.25) is 0 Å². The van der Waals surface area contributed by atoms with Crippen LogP contribution >= 0.6 is 0 Å². The van der Waals surface area contributed by atoms with Crippen molar-refractivity contribution in [2.24, 2.45) is 0 Å². The Hall–Kier alpha value is -1.06. The molecule has 0 aliphatic carbocycles. The zero-order valence-corrected chi connectivity index (χ0v) is 13.4. The van der Waals surface area contributed by atoms with Crippen LogP contribution in [0.25, 0.3) is 0 Å². The molecule has 114 valence electrons. The number of nitrogens with one attached hydrogen (secondary N) is 1. The summed E-state index contributed by atoms with van der Waals surface area (Å²) in [6.07, 6.45) is 3.47. The first-order valence-electron chi connectivity index (χ1n) is 7.70. The smallest absolute Gasteiger partial charge is 0.115 e. The second-order valence-electron chi connectivity index (χ2n) is 6.01. The molecule has 3 nitrogen and oxygen atoms in total. The van der Waals surface area contributed by atoms with Crippen molar-refractivity contribution in [3.05, 3.63) is 29.8 Å². The topological polar surface area (TPSA) is 35.5 Å². The number of phenolic OH excluding ortho intramolecular Hbond substituents is 1. The highest BCUT2D eigenvalue weighted by molar-refractivity contribution is 5.26. The number of hydrogen-bond donors (Lipinski definition) is 2. The molecule has 0 spiro atoms. The standard InChI is InChI=1S/C17H30N2O/c1-14(2)19(4)12-6-5-11-18-15(3)13-16-7-9-17(20)10-8-16/h7-10,14-15,18,20H,5-6,11-13H2,1-4H3. The lowest BCUT2D eigenvalue weighted by Gasteiger charge is -2.21. The van der Waals surface area contributed by atoms with Crippen LogP contribution < -0.4 is 5.32 Å². The summed E-state index contributed by atoms with van der Waals surface area (Å²) in [7, 11) is 2.19. The largest absolute Gasteiger partial charge is 0.508 e. The molecule has 1 rings (SSSR count). The lowest BCUT2D eigenvalue weighted by molar-refractivity contribution is 0.267. The molecule has 0 aliphatic rings. The lowest BCUT2D eigenvalue weighted by atomic mass is 10.1. The van der Waals surface area contributed by atoms with E-state index < -0.39 is 0 Å². The Labute approximate surface area is 124 Å². The van der Waals surface area contributed by atoms with Gasteiger partial charge >= 0.3 is 0 Å². The molecule has 0 aromatic heterocycles. The first-order valence-corrected chi connectivity index (χ1v) is 7.70. The van der Waals surface area contributed by atoms with E-state index >= 15 is 0 Å². The van der Waals surface area contributed by atoms with Gasteiger partial charge in [-0.05, 0) is 77.9 Å². The maximum atomic E-state index is 9.26. The molecule has 0 radical (unpaired) electrons. The number of benzene rings is 1. The second kappa shape index (κ2) is 8.98. The second-order valence-corrected chi connectivity index (χ2v) is 6.01. The summed E-state index contributed by atoms with van der Waals surface area (Å²) in [6.45, 7) is 8.93. The van der Waals surface area contributed by atoms with E-state index in [-0.39, 0.29) is 0 Å². The van der Waals surface area contributed by atoms with Crippen molar-refractivity contribution >= 4 is 0 Å². The third-order valence-electron chi connectivity index (χ3n) is 3.79. The van der Waals surface area contributed by atoms with Gasteiger partial charge in [0.2, 0.25) is 0 Å². The van der Waals surface area contributed by atoms with Crippen LogP contribution in [0.4, 0.5) is 0 Å². The fraction of sp³-hybridized carbons (Fsp3) is 0.647. The molecular weight excluding hydrogens is 248 g/mol. The summed E-state index contributed by atoms with van der Waals surface area (Å²) in [4.78, 5) is 2.39. The van der Waals surface area contributed by atoms with Gasteiger partial charge in [-0.15, -0.1) is 0 Å². The normalized spacial score (nSPS) is 13.1. The monoisotopic (exact) mass is 278 g/mol. The summed E-state index contributed by atoms with van der Waals surface area (Å²) in [5, 5.41) is 12.8. The molecule has 0 amide bonds. The molecule has 0 saturated carbocycles. The first-order chi connectivity index (χ1) is 9.49. The minimum Gasteiger partial charge on any atom is -0.508 e. The van der Waals surface area contributed by atoms with E-state index in [4.69, 9.17) is 0 Å². The Morgan fingerprint density at radius 2 is 1.75 bits per heavy atom. The van der Waals surface area contributed by atoms with Crippen LogP contribution in [0.3, 0.4) is 0 Å². The van der Waals surface area contributed by atoms with E-state index in [1.54, 1.807) is 12.1 Å². The van der Waals surface area contributed by atoms with Gasteiger partial charge in [0.05, 0.1) is 0 Å². The summed E-state index contributed by atoms with van der Waals surface area (Å²) in [5.74, 6) is 0.337. The zero-order valence-electron chi connectivity index (χ0n) is 13.4. The van der Waals surface area contributed by atoms with Crippen LogP contribution in [0.5, 0.6) is 5.75 Å². The summed E-state index contributed by atoms with van der Waals surface area (Å²) < 4.78 is 0. The van der Waals surface area contributed by atoms with E-state index in [1.807, 2.05) is 12.1 Å². The van der Waals surface area contributed by atoms with Crippen LogP contribution in [-0.2, 0) is 6.42 Å². The van der Waals surface area contributed by atoms with Gasteiger partial charge in [0, 0.05) is 12.1 Å². The van der Waals surface area contributed by atoms with Crippen molar-refractivity contribution in [1.29, 1.82) is 0 Å². The summed E-state index contributed by atoms with van der Waals surface area (Å²) in [5.41, 5.74) is 1.27. The van der Waals surface area contributed by atoms with Gasteiger partial charge < -0.3 is 15.3 Å². The van der Waals surface area contributed by atoms with E-state index in [2.05, 4.69) is 38.0 Å². The third-order valence-corrected chi connectivity index (χ3v) is 3.79. The minimum atomic E-state index is 0.337. The van der Waals surface area contributed by atoms with Crippen LogP contribution in [0, 0.1) is 0 Å². The number of hydrogen-bond acceptors (Lipinski definition) is 3. The maximum absolute atomic E-state index is 9.26. The molecule has 0 fully saturated rings. The van der Waals surface area contributed by atoms with Gasteiger partial charge in [0.15, 0.2) is 0 Å². The molecule has 0 saturated heterocycles. The van der Waals surface area contributed by atoms with Crippen molar-refractivity contribution in [3.63, 3.8) is 0 Å². The van der Waals surface area contributed by atoms with Gasteiger partial charge in [0.25, 0.3) is 0 Å². The molecule has 0 aliphatic heterocycles. The molecular formula is C17H30N2O. The van der Waals surface area contributed by atoms with Crippen molar-refractivity contribution in [2.75, 3.05) is 20.1 Å². The minimum absolute atomic E-state index is 0.337. The van der Waals surface area contributed by atoms with Crippen molar-refractivity contribution in [2.45, 2.75) is 52.1 Å². The lowest BCUT2D eigenvalue weighted by Crippen LogP contribution is -2.30. The van der Waals surface area contributed by atoms with E-state index in [0.29, 0.717) is 17.8 Å².